The molecule has 8 heteroatoms. The molecule has 2 heterocycles. The first-order valence-electron chi connectivity index (χ1n) is 9.02. The molecule has 29 heavy (non-hydrogen) atoms. The molecule has 4 rings (SSSR count). The lowest BCUT2D eigenvalue weighted by molar-refractivity contribution is 0.0522. The van der Waals surface area contributed by atoms with Crippen molar-refractivity contribution in [1.82, 2.24) is 9.88 Å². The monoisotopic (exact) mass is 407 g/mol. The van der Waals surface area contributed by atoms with Gasteiger partial charge in [0.25, 0.3) is 11.8 Å². The van der Waals surface area contributed by atoms with Crippen molar-refractivity contribution in [2.45, 2.75) is 13.5 Å². The van der Waals surface area contributed by atoms with E-state index in [2.05, 4.69) is 10.3 Å². The fourth-order valence-corrected chi connectivity index (χ4v) is 3.93. The second-order valence-electron chi connectivity index (χ2n) is 6.25. The number of carbonyl (C=O) groups is 3. The molecule has 0 radical (unpaired) electrons. The number of aromatic nitrogens is 1. The summed E-state index contributed by atoms with van der Waals surface area (Å²) in [6, 6.07) is 16.0. The summed E-state index contributed by atoms with van der Waals surface area (Å²) in [4.78, 5) is 43.6. The van der Waals surface area contributed by atoms with Crippen LogP contribution in [-0.4, -0.2) is 34.3 Å². The number of nitrogens with zero attached hydrogens (tertiary/aromatic N) is 2. The third kappa shape index (κ3) is 3.62. The third-order valence-corrected chi connectivity index (χ3v) is 5.36. The van der Waals surface area contributed by atoms with Crippen molar-refractivity contribution in [3.63, 3.8) is 0 Å². The summed E-state index contributed by atoms with van der Waals surface area (Å²) in [5, 5.41) is 3.62. The molecule has 1 aliphatic heterocycles. The Kier molecular flexibility index (Phi) is 5.09. The number of hydrogen-bond acceptors (Lipinski definition) is 7. The van der Waals surface area contributed by atoms with Gasteiger partial charge in [-0.2, -0.15) is 0 Å². The molecule has 0 spiro atoms. The van der Waals surface area contributed by atoms with E-state index in [1.165, 1.54) is 0 Å². The number of fused-ring (bicyclic) bond motifs is 1. The van der Waals surface area contributed by atoms with Crippen molar-refractivity contribution in [2.24, 2.45) is 0 Å². The average Bonchev–Trinajstić information content (AvgIpc) is 3.24. The van der Waals surface area contributed by atoms with Crippen molar-refractivity contribution in [2.75, 3.05) is 11.9 Å². The lowest BCUT2D eigenvalue weighted by atomic mass is 10.1. The number of benzene rings is 2. The number of rotatable bonds is 6. The van der Waals surface area contributed by atoms with E-state index in [1.807, 2.05) is 30.3 Å². The zero-order chi connectivity index (χ0) is 20.4. The molecule has 0 fully saturated rings. The minimum Gasteiger partial charge on any atom is -0.462 e. The fraction of sp³-hybridized carbons (Fsp3) is 0.143. The minimum atomic E-state index is -0.530. The maximum absolute atomic E-state index is 12.7. The van der Waals surface area contributed by atoms with E-state index >= 15 is 0 Å². The Morgan fingerprint density at radius 1 is 1.03 bits per heavy atom. The third-order valence-electron chi connectivity index (χ3n) is 4.37. The van der Waals surface area contributed by atoms with Gasteiger partial charge in [-0.3, -0.25) is 14.5 Å². The summed E-state index contributed by atoms with van der Waals surface area (Å²) in [6.07, 6.45) is 0. The van der Waals surface area contributed by atoms with E-state index in [9.17, 15) is 14.4 Å². The maximum Gasteiger partial charge on any atom is 0.350 e. The summed E-state index contributed by atoms with van der Waals surface area (Å²) in [6.45, 7) is 1.82. The lowest BCUT2D eigenvalue weighted by Crippen LogP contribution is -2.30. The second kappa shape index (κ2) is 7.84. The van der Waals surface area contributed by atoms with Crippen LogP contribution in [0.4, 0.5) is 10.8 Å². The molecule has 2 amide bonds. The van der Waals surface area contributed by atoms with Gasteiger partial charge >= 0.3 is 5.97 Å². The van der Waals surface area contributed by atoms with Crippen LogP contribution in [0.15, 0.2) is 54.6 Å². The maximum atomic E-state index is 12.7. The Hall–Kier alpha value is -3.52. The van der Waals surface area contributed by atoms with Crippen LogP contribution in [-0.2, 0) is 11.3 Å². The predicted octanol–water partition coefficient (Wildman–Crippen LogP) is 3.86. The fourth-order valence-electron chi connectivity index (χ4n) is 3.05. The summed E-state index contributed by atoms with van der Waals surface area (Å²) in [5.41, 5.74) is 1.84. The zero-order valence-electron chi connectivity index (χ0n) is 15.5. The van der Waals surface area contributed by atoms with Gasteiger partial charge in [-0.25, -0.2) is 9.78 Å². The number of hydrogen-bond donors (Lipinski definition) is 1. The van der Waals surface area contributed by atoms with Crippen LogP contribution in [0, 0.1) is 0 Å². The molecule has 0 unspecified atom stereocenters. The van der Waals surface area contributed by atoms with Crippen LogP contribution in [0.2, 0.25) is 0 Å². The number of amides is 2. The molecule has 146 valence electrons. The van der Waals surface area contributed by atoms with Crippen molar-refractivity contribution >= 4 is 39.9 Å². The first kappa shape index (κ1) is 18.8. The van der Waals surface area contributed by atoms with Gasteiger partial charge in [0.05, 0.1) is 30.0 Å². The molecule has 2 aromatic carbocycles. The van der Waals surface area contributed by atoms with Gasteiger partial charge in [0.15, 0.2) is 5.13 Å². The molecular formula is C21H17N3O4S. The molecule has 1 aliphatic rings. The van der Waals surface area contributed by atoms with Crippen LogP contribution in [0.1, 0.15) is 43.0 Å². The highest BCUT2D eigenvalue weighted by molar-refractivity contribution is 7.17. The predicted molar refractivity (Wildman–Crippen MR) is 108 cm³/mol. The standard InChI is InChI=1S/C21H17N3O4S/c1-2-28-20(27)17-16(23-21(29-17)22-13-8-4-3-5-9-13)12-24-18(25)14-10-6-7-11-15(14)19(24)26/h3-11H,2,12H2,1H3,(H,22,23). The van der Waals surface area contributed by atoms with Crippen LogP contribution < -0.4 is 5.32 Å². The quantitative estimate of drug-likeness (QED) is 0.493. The van der Waals surface area contributed by atoms with E-state index in [-0.39, 0.29) is 18.0 Å². The van der Waals surface area contributed by atoms with Crippen LogP contribution in [0.25, 0.3) is 0 Å². The number of carbonyl (C=O) groups excluding carboxylic acids is 3. The van der Waals surface area contributed by atoms with Crippen molar-refractivity contribution < 1.29 is 19.1 Å². The number of thiazole rings is 1. The van der Waals surface area contributed by atoms with E-state index in [4.69, 9.17) is 4.74 Å². The Morgan fingerprint density at radius 2 is 1.66 bits per heavy atom. The first-order chi connectivity index (χ1) is 14.1. The number of anilines is 2. The van der Waals surface area contributed by atoms with Gasteiger partial charge in [-0.1, -0.05) is 41.7 Å². The minimum absolute atomic E-state index is 0.104. The number of esters is 1. The van der Waals surface area contributed by atoms with Gasteiger partial charge in [0, 0.05) is 5.69 Å². The first-order valence-corrected chi connectivity index (χ1v) is 9.84. The van der Waals surface area contributed by atoms with E-state index in [0.29, 0.717) is 22.0 Å². The van der Waals surface area contributed by atoms with E-state index in [0.717, 1.165) is 21.9 Å². The summed E-state index contributed by atoms with van der Waals surface area (Å²) in [5.74, 6) is -1.32. The zero-order valence-corrected chi connectivity index (χ0v) is 16.4. The largest absolute Gasteiger partial charge is 0.462 e. The molecule has 0 bridgehead atoms. The van der Waals surface area contributed by atoms with Gasteiger partial charge in [0.1, 0.15) is 4.88 Å². The summed E-state index contributed by atoms with van der Waals surface area (Å²) < 4.78 is 5.13. The smallest absolute Gasteiger partial charge is 0.350 e. The molecular weight excluding hydrogens is 390 g/mol. The van der Waals surface area contributed by atoms with E-state index < -0.39 is 17.8 Å². The van der Waals surface area contributed by atoms with Crippen molar-refractivity contribution in [1.29, 1.82) is 0 Å². The Morgan fingerprint density at radius 3 is 2.28 bits per heavy atom. The molecule has 3 aromatic rings. The number of imide groups is 1. The average molecular weight is 407 g/mol. The molecule has 0 saturated carbocycles. The molecule has 7 nitrogen and oxygen atoms in total. The van der Waals surface area contributed by atoms with Gasteiger partial charge in [0.2, 0.25) is 0 Å². The Balaban J connectivity index is 1.64. The SMILES string of the molecule is CCOC(=O)c1sc(Nc2ccccc2)nc1CN1C(=O)c2ccccc2C1=O. The topological polar surface area (TPSA) is 88.6 Å². The van der Waals surface area contributed by atoms with Crippen LogP contribution in [0.3, 0.4) is 0 Å². The Bertz CT molecular complexity index is 1060. The van der Waals surface area contributed by atoms with E-state index in [1.54, 1.807) is 31.2 Å². The highest BCUT2D eigenvalue weighted by atomic mass is 32.1. The van der Waals surface area contributed by atoms with Crippen LogP contribution in [0.5, 0.6) is 0 Å². The lowest BCUT2D eigenvalue weighted by Gasteiger charge is -2.13. The number of para-hydroxylation sites is 1. The second-order valence-corrected chi connectivity index (χ2v) is 7.25. The van der Waals surface area contributed by atoms with Crippen molar-refractivity contribution in [3.8, 4) is 0 Å². The normalized spacial score (nSPS) is 12.8. The number of nitrogens with one attached hydrogen (secondary N) is 1. The highest BCUT2D eigenvalue weighted by Gasteiger charge is 2.36. The number of ether oxygens (including phenoxy) is 1. The van der Waals surface area contributed by atoms with Gasteiger partial charge < -0.3 is 10.1 Å². The highest BCUT2D eigenvalue weighted by Crippen LogP contribution is 2.30. The molecule has 1 N–H and O–H groups in total. The molecule has 0 atom stereocenters. The van der Waals surface area contributed by atoms with Crippen molar-refractivity contribution in [3.05, 3.63) is 76.3 Å². The van der Waals surface area contributed by atoms with Crippen LogP contribution >= 0.6 is 11.3 Å². The Labute approximate surface area is 170 Å². The molecule has 1 aromatic heterocycles. The van der Waals surface area contributed by atoms with Gasteiger partial charge in [-0.15, -0.1) is 0 Å². The molecule has 0 aliphatic carbocycles. The molecule has 0 saturated heterocycles. The summed E-state index contributed by atoms with van der Waals surface area (Å²) >= 11 is 1.13. The van der Waals surface area contributed by atoms with Gasteiger partial charge in [-0.05, 0) is 31.2 Å². The summed E-state index contributed by atoms with van der Waals surface area (Å²) in [7, 11) is 0.